The summed E-state index contributed by atoms with van der Waals surface area (Å²) in [6.45, 7) is 1.16. The molecule has 23 heavy (non-hydrogen) atoms. The molecule has 6 atom stereocenters. The zero-order valence-electron chi connectivity index (χ0n) is 13.5. The van der Waals surface area contributed by atoms with E-state index in [4.69, 9.17) is 9.47 Å². The Morgan fingerprint density at radius 1 is 1.35 bits per heavy atom. The van der Waals surface area contributed by atoms with Crippen LogP contribution in [-0.2, 0) is 11.8 Å². The van der Waals surface area contributed by atoms with Crippen LogP contribution in [0.4, 0.5) is 0 Å². The summed E-state index contributed by atoms with van der Waals surface area (Å²) in [7, 11) is 3.94. The molecule has 0 aromatic heterocycles. The van der Waals surface area contributed by atoms with Crippen LogP contribution in [0.1, 0.15) is 17.5 Å². The Kier molecular flexibility index (Phi) is 2.01. The largest absolute Gasteiger partial charge is 0.493 e. The summed E-state index contributed by atoms with van der Waals surface area (Å²) in [4.78, 5) is 2.50. The van der Waals surface area contributed by atoms with Crippen molar-refractivity contribution in [3.8, 4) is 11.5 Å². The third-order valence-corrected chi connectivity index (χ3v) is 7.26. The number of nitrogens with zero attached hydrogens (tertiary/aromatic N) is 1. The summed E-state index contributed by atoms with van der Waals surface area (Å²) < 4.78 is 11.9. The molecule has 0 radical (unpaired) electrons. The van der Waals surface area contributed by atoms with E-state index in [1.807, 2.05) is 12.1 Å². The third kappa shape index (κ3) is 1.14. The van der Waals surface area contributed by atoms with Gasteiger partial charge in [-0.05, 0) is 31.5 Å². The Balaban J connectivity index is 1.69. The number of ether oxygens (including phenoxy) is 2. The second kappa shape index (κ2) is 3.60. The molecule has 120 valence electrons. The van der Waals surface area contributed by atoms with E-state index in [9.17, 15) is 5.11 Å². The molecule has 0 amide bonds. The van der Waals surface area contributed by atoms with Crippen molar-refractivity contribution < 1.29 is 14.6 Å². The molecule has 2 heterocycles. The molecule has 4 nitrogen and oxygen atoms in total. The number of hydrogen-bond acceptors (Lipinski definition) is 4. The van der Waals surface area contributed by atoms with E-state index in [0.717, 1.165) is 30.9 Å². The summed E-state index contributed by atoms with van der Waals surface area (Å²) in [6, 6.07) is 4.84. The molecule has 4 heteroatoms. The number of aliphatic hydroxyl groups is 1. The van der Waals surface area contributed by atoms with Crippen molar-refractivity contribution in [2.45, 2.75) is 36.5 Å². The molecule has 1 unspecified atom stereocenters. The van der Waals surface area contributed by atoms with Gasteiger partial charge in [-0.25, -0.2) is 0 Å². The fourth-order valence-corrected chi connectivity index (χ4v) is 6.89. The maximum Gasteiger partial charge on any atom is 0.165 e. The van der Waals surface area contributed by atoms with Gasteiger partial charge in [0.15, 0.2) is 11.5 Å². The molecule has 1 aromatic rings. The van der Waals surface area contributed by atoms with Crippen LogP contribution in [0.3, 0.4) is 0 Å². The second-order valence-electron chi connectivity index (χ2n) is 8.19. The van der Waals surface area contributed by atoms with E-state index in [1.54, 1.807) is 7.11 Å². The number of fused-ring (bicyclic) bond motifs is 1. The Morgan fingerprint density at radius 2 is 2.22 bits per heavy atom. The molecule has 1 aromatic carbocycles. The Bertz CT molecular complexity index is 774. The van der Waals surface area contributed by atoms with E-state index < -0.39 is 6.10 Å². The number of benzene rings is 1. The SMILES string of the molecule is COc1ccc2c3c1O[C@H]1[C@@H](O)C=C[C@H]4[C@@H]5N(C)CC5(C2)C[C@@]341. The van der Waals surface area contributed by atoms with Crippen molar-refractivity contribution in [2.75, 3.05) is 20.7 Å². The average Bonchev–Trinajstić information content (AvgIpc) is 2.96. The number of likely N-dealkylation sites (tertiary alicyclic amines) is 1. The first-order chi connectivity index (χ1) is 11.1. The lowest BCUT2D eigenvalue weighted by Gasteiger charge is -2.54. The summed E-state index contributed by atoms with van der Waals surface area (Å²) in [5, 5.41) is 10.7. The van der Waals surface area contributed by atoms with Crippen LogP contribution < -0.4 is 9.47 Å². The van der Waals surface area contributed by atoms with Crippen LogP contribution in [0.2, 0.25) is 0 Å². The smallest absolute Gasteiger partial charge is 0.165 e. The van der Waals surface area contributed by atoms with Gasteiger partial charge in [0.2, 0.25) is 0 Å². The predicted octanol–water partition coefficient (Wildman–Crippen LogP) is 1.50. The van der Waals surface area contributed by atoms with Crippen LogP contribution in [0.15, 0.2) is 24.3 Å². The molecule has 2 spiro atoms. The van der Waals surface area contributed by atoms with Crippen LogP contribution in [0.5, 0.6) is 11.5 Å². The number of aliphatic hydroxyl groups excluding tert-OH is 1. The van der Waals surface area contributed by atoms with Gasteiger partial charge in [-0.15, -0.1) is 0 Å². The van der Waals surface area contributed by atoms with Crippen molar-refractivity contribution in [1.29, 1.82) is 0 Å². The molecule has 1 saturated heterocycles. The van der Waals surface area contributed by atoms with Crippen LogP contribution >= 0.6 is 0 Å². The molecule has 2 fully saturated rings. The van der Waals surface area contributed by atoms with Gasteiger partial charge in [0.25, 0.3) is 0 Å². The lowest BCUT2D eigenvalue weighted by atomic mass is 9.60. The van der Waals surface area contributed by atoms with Gasteiger partial charge in [-0.2, -0.15) is 0 Å². The van der Waals surface area contributed by atoms with Crippen LogP contribution in [0, 0.1) is 11.3 Å². The lowest BCUT2D eigenvalue weighted by Crippen LogP contribution is -2.62. The van der Waals surface area contributed by atoms with Crippen molar-refractivity contribution in [3.05, 3.63) is 35.4 Å². The minimum atomic E-state index is -0.533. The van der Waals surface area contributed by atoms with Gasteiger partial charge in [0.05, 0.1) is 7.11 Å². The van der Waals surface area contributed by atoms with E-state index >= 15 is 0 Å². The van der Waals surface area contributed by atoms with Gasteiger partial charge < -0.3 is 19.5 Å². The highest BCUT2D eigenvalue weighted by molar-refractivity contribution is 5.63. The maximum atomic E-state index is 10.7. The number of hydrogen-bond donors (Lipinski definition) is 1. The monoisotopic (exact) mass is 311 g/mol. The first-order valence-corrected chi connectivity index (χ1v) is 8.54. The Hall–Kier alpha value is -1.52. The van der Waals surface area contributed by atoms with Crippen molar-refractivity contribution in [2.24, 2.45) is 11.3 Å². The zero-order chi connectivity index (χ0) is 15.6. The topological polar surface area (TPSA) is 41.9 Å². The van der Waals surface area contributed by atoms with Gasteiger partial charge in [-0.1, -0.05) is 18.2 Å². The molecule has 2 bridgehead atoms. The van der Waals surface area contributed by atoms with E-state index in [2.05, 4.69) is 24.1 Å². The predicted molar refractivity (Wildman–Crippen MR) is 84.9 cm³/mol. The summed E-state index contributed by atoms with van der Waals surface area (Å²) in [6.07, 6.45) is 5.80. The first kappa shape index (κ1) is 12.8. The minimum absolute atomic E-state index is 0.0684. The number of rotatable bonds is 1. The quantitative estimate of drug-likeness (QED) is 0.798. The van der Waals surface area contributed by atoms with Crippen LogP contribution in [-0.4, -0.2) is 49.0 Å². The molecule has 1 N–H and O–H groups in total. The van der Waals surface area contributed by atoms with Gasteiger partial charge in [-0.3, -0.25) is 0 Å². The highest BCUT2D eigenvalue weighted by atomic mass is 16.5. The molecule has 1 saturated carbocycles. The third-order valence-electron chi connectivity index (χ3n) is 7.26. The molecule has 3 aliphatic carbocycles. The average molecular weight is 311 g/mol. The highest BCUT2D eigenvalue weighted by Crippen LogP contribution is 2.72. The van der Waals surface area contributed by atoms with Crippen molar-refractivity contribution >= 4 is 0 Å². The normalized spacial score (nSPS) is 47.6. The summed E-state index contributed by atoms with van der Waals surface area (Å²) in [5.41, 5.74) is 3.04. The van der Waals surface area contributed by atoms with Crippen LogP contribution in [0.25, 0.3) is 0 Å². The van der Waals surface area contributed by atoms with E-state index in [0.29, 0.717) is 17.4 Å². The molecular weight excluding hydrogens is 290 g/mol. The first-order valence-electron chi connectivity index (χ1n) is 8.54. The lowest BCUT2D eigenvalue weighted by molar-refractivity contribution is -0.0433. The maximum absolute atomic E-state index is 10.7. The fraction of sp³-hybridized carbons (Fsp3) is 0.579. The molecule has 2 aliphatic heterocycles. The Labute approximate surface area is 135 Å². The van der Waals surface area contributed by atoms with E-state index in [1.165, 1.54) is 11.1 Å². The van der Waals surface area contributed by atoms with Gasteiger partial charge >= 0.3 is 0 Å². The van der Waals surface area contributed by atoms with Gasteiger partial charge in [0.1, 0.15) is 12.2 Å². The van der Waals surface area contributed by atoms with Gasteiger partial charge in [0, 0.05) is 34.9 Å². The van der Waals surface area contributed by atoms with Crippen molar-refractivity contribution in [3.63, 3.8) is 0 Å². The van der Waals surface area contributed by atoms with Crippen molar-refractivity contribution in [1.82, 2.24) is 4.90 Å². The summed E-state index contributed by atoms with van der Waals surface area (Å²) >= 11 is 0. The highest BCUT2D eigenvalue weighted by Gasteiger charge is 2.75. The molecule has 5 aliphatic rings. The fourth-order valence-electron chi connectivity index (χ4n) is 6.89. The Morgan fingerprint density at radius 3 is 3.00 bits per heavy atom. The molecular formula is C19H21NO3. The molecule has 6 rings (SSSR count). The standard InChI is InChI=1S/C19H21NO3/c1-20-9-18-7-10-3-6-13(22-2)15-14(10)19(8-18)11(16(18)20)4-5-12(21)17(19)23-15/h3-6,11-12,16-17,21H,7-9H2,1-2H3/t11-,12-,16-,17-,18?,19-/m0/s1. The minimum Gasteiger partial charge on any atom is -0.493 e. The number of methoxy groups -OCH3 is 1. The summed E-state index contributed by atoms with van der Waals surface area (Å²) in [5.74, 6) is 2.13. The second-order valence-corrected chi connectivity index (χ2v) is 8.19. The zero-order valence-corrected chi connectivity index (χ0v) is 13.5. The van der Waals surface area contributed by atoms with E-state index in [-0.39, 0.29) is 11.5 Å².